The largest absolute Gasteiger partial charge is 0.496 e. The third-order valence-electron chi connectivity index (χ3n) is 4.37. The number of hydrogen-bond donors (Lipinski definition) is 0. The lowest BCUT2D eigenvalue weighted by molar-refractivity contribution is 0.365. The summed E-state index contributed by atoms with van der Waals surface area (Å²) in [5.74, 6) is 3.02. The van der Waals surface area contributed by atoms with Crippen LogP contribution < -0.4 is 14.2 Å². The molecular weight excluding hydrogens is 288 g/mol. The maximum atomic E-state index is 6.65. The highest BCUT2D eigenvalue weighted by molar-refractivity contribution is 6.21. The van der Waals surface area contributed by atoms with E-state index >= 15 is 0 Å². The molecule has 0 N–H and O–H groups in total. The van der Waals surface area contributed by atoms with Crippen molar-refractivity contribution in [3.8, 4) is 17.2 Å². The van der Waals surface area contributed by atoms with Gasteiger partial charge in [-0.15, -0.1) is 11.6 Å². The molecule has 0 heterocycles. The summed E-state index contributed by atoms with van der Waals surface area (Å²) >= 11 is 6.65. The van der Waals surface area contributed by atoms with Crippen LogP contribution in [-0.4, -0.2) is 21.3 Å². The standard InChI is InChI=1S/C17H25ClO3/c1-19-13-10-15(20-2)17(16(11-13)21-3)14(18)9-8-12-6-4-5-7-12/h10-12,14H,4-9H2,1-3H3. The molecule has 1 aliphatic rings. The summed E-state index contributed by atoms with van der Waals surface area (Å²) < 4.78 is 16.2. The van der Waals surface area contributed by atoms with Gasteiger partial charge in [0.05, 0.1) is 32.3 Å². The predicted molar refractivity (Wildman–Crippen MR) is 85.9 cm³/mol. The van der Waals surface area contributed by atoms with Gasteiger partial charge in [0.1, 0.15) is 17.2 Å². The molecule has 21 heavy (non-hydrogen) atoms. The van der Waals surface area contributed by atoms with Gasteiger partial charge in [0, 0.05) is 12.1 Å². The van der Waals surface area contributed by atoms with Crippen LogP contribution in [0.1, 0.15) is 49.5 Å². The topological polar surface area (TPSA) is 27.7 Å². The molecule has 4 heteroatoms. The van der Waals surface area contributed by atoms with E-state index < -0.39 is 0 Å². The fourth-order valence-electron chi connectivity index (χ4n) is 3.17. The van der Waals surface area contributed by atoms with Crippen LogP contribution in [0.4, 0.5) is 0 Å². The zero-order valence-electron chi connectivity index (χ0n) is 13.2. The molecule has 3 nitrogen and oxygen atoms in total. The average molecular weight is 313 g/mol. The van der Waals surface area contributed by atoms with E-state index in [2.05, 4.69) is 0 Å². The lowest BCUT2D eigenvalue weighted by Gasteiger charge is -2.20. The number of methoxy groups -OCH3 is 3. The van der Waals surface area contributed by atoms with Crippen molar-refractivity contribution in [1.82, 2.24) is 0 Å². The average Bonchev–Trinajstić information content (AvgIpc) is 3.04. The molecular formula is C17H25ClO3. The van der Waals surface area contributed by atoms with Gasteiger partial charge >= 0.3 is 0 Å². The first-order chi connectivity index (χ1) is 10.2. The number of rotatable bonds is 7. The van der Waals surface area contributed by atoms with Gasteiger partial charge in [-0.1, -0.05) is 25.7 Å². The normalized spacial score (nSPS) is 16.8. The van der Waals surface area contributed by atoms with E-state index in [-0.39, 0.29) is 5.38 Å². The van der Waals surface area contributed by atoms with E-state index in [1.54, 1.807) is 21.3 Å². The number of benzene rings is 1. The van der Waals surface area contributed by atoms with Crippen LogP contribution in [0.3, 0.4) is 0 Å². The lowest BCUT2D eigenvalue weighted by Crippen LogP contribution is -2.03. The summed E-state index contributed by atoms with van der Waals surface area (Å²) in [6.45, 7) is 0. The molecule has 1 unspecified atom stereocenters. The molecule has 0 aromatic heterocycles. The number of halogens is 1. The Bertz CT molecular complexity index is 430. The van der Waals surface area contributed by atoms with Gasteiger partial charge in [0.25, 0.3) is 0 Å². The summed E-state index contributed by atoms with van der Waals surface area (Å²) in [4.78, 5) is 0. The summed E-state index contributed by atoms with van der Waals surface area (Å²) in [6.07, 6.45) is 7.55. The van der Waals surface area contributed by atoms with Crippen molar-refractivity contribution in [1.29, 1.82) is 0 Å². The van der Waals surface area contributed by atoms with Crippen LogP contribution in [0.25, 0.3) is 0 Å². The van der Waals surface area contributed by atoms with Crippen LogP contribution in [0, 0.1) is 5.92 Å². The molecule has 0 aliphatic heterocycles. The Balaban J connectivity index is 2.15. The van der Waals surface area contributed by atoms with Gasteiger partial charge in [0.15, 0.2) is 0 Å². The Labute approximate surface area is 132 Å². The van der Waals surface area contributed by atoms with Crippen molar-refractivity contribution in [3.05, 3.63) is 17.7 Å². The third-order valence-corrected chi connectivity index (χ3v) is 4.81. The van der Waals surface area contributed by atoms with Crippen LogP contribution in [0.2, 0.25) is 0 Å². The first-order valence-corrected chi connectivity index (χ1v) is 8.07. The molecule has 1 saturated carbocycles. The molecule has 0 amide bonds. The van der Waals surface area contributed by atoms with E-state index in [4.69, 9.17) is 25.8 Å². The van der Waals surface area contributed by atoms with Crippen molar-refractivity contribution in [2.45, 2.75) is 43.9 Å². The van der Waals surface area contributed by atoms with Crippen molar-refractivity contribution in [3.63, 3.8) is 0 Å². The van der Waals surface area contributed by atoms with E-state index in [0.29, 0.717) is 5.75 Å². The van der Waals surface area contributed by atoms with E-state index in [9.17, 15) is 0 Å². The zero-order valence-corrected chi connectivity index (χ0v) is 13.9. The highest BCUT2D eigenvalue weighted by Gasteiger charge is 2.23. The minimum Gasteiger partial charge on any atom is -0.496 e. The Morgan fingerprint density at radius 1 is 1.05 bits per heavy atom. The maximum absolute atomic E-state index is 6.65. The Morgan fingerprint density at radius 2 is 1.62 bits per heavy atom. The number of alkyl halides is 1. The summed E-state index contributed by atoms with van der Waals surface area (Å²) in [7, 11) is 4.93. The van der Waals surface area contributed by atoms with Crippen molar-refractivity contribution in [2.24, 2.45) is 5.92 Å². The SMILES string of the molecule is COc1cc(OC)c(C(Cl)CCC2CCCC2)c(OC)c1. The second-order valence-corrected chi connectivity index (χ2v) is 6.17. The molecule has 0 bridgehead atoms. The number of ether oxygens (including phenoxy) is 3. The highest BCUT2D eigenvalue weighted by Crippen LogP contribution is 2.43. The van der Waals surface area contributed by atoms with Crippen LogP contribution >= 0.6 is 11.6 Å². The maximum Gasteiger partial charge on any atom is 0.130 e. The smallest absolute Gasteiger partial charge is 0.130 e. The summed E-state index contributed by atoms with van der Waals surface area (Å²) in [5.41, 5.74) is 0.931. The predicted octanol–water partition coefficient (Wildman–Crippen LogP) is 4.96. The zero-order chi connectivity index (χ0) is 15.2. The summed E-state index contributed by atoms with van der Waals surface area (Å²) in [6, 6.07) is 3.73. The first-order valence-electron chi connectivity index (χ1n) is 7.63. The summed E-state index contributed by atoms with van der Waals surface area (Å²) in [5, 5.41) is -0.0959. The highest BCUT2D eigenvalue weighted by atomic mass is 35.5. The van der Waals surface area contributed by atoms with Gasteiger partial charge in [-0.2, -0.15) is 0 Å². The molecule has 1 aromatic rings. The molecule has 1 atom stereocenters. The third kappa shape index (κ3) is 3.97. The van der Waals surface area contributed by atoms with E-state index in [0.717, 1.165) is 29.4 Å². The van der Waals surface area contributed by atoms with Crippen LogP contribution in [-0.2, 0) is 0 Å². The monoisotopic (exact) mass is 312 g/mol. The molecule has 1 fully saturated rings. The molecule has 0 saturated heterocycles. The Morgan fingerprint density at radius 3 is 2.10 bits per heavy atom. The molecule has 0 radical (unpaired) electrons. The van der Waals surface area contributed by atoms with Crippen LogP contribution in [0.5, 0.6) is 17.2 Å². The quantitative estimate of drug-likeness (QED) is 0.666. The molecule has 0 spiro atoms. The van der Waals surface area contributed by atoms with Gasteiger partial charge in [-0.05, 0) is 18.8 Å². The minimum atomic E-state index is -0.0959. The molecule has 1 aromatic carbocycles. The van der Waals surface area contributed by atoms with Gasteiger partial charge < -0.3 is 14.2 Å². The van der Waals surface area contributed by atoms with Crippen LogP contribution in [0.15, 0.2) is 12.1 Å². The Kier molecular flexibility index (Phi) is 6.04. The molecule has 2 rings (SSSR count). The fraction of sp³-hybridized carbons (Fsp3) is 0.647. The van der Waals surface area contributed by atoms with Crippen molar-refractivity contribution in [2.75, 3.05) is 21.3 Å². The molecule has 1 aliphatic carbocycles. The van der Waals surface area contributed by atoms with Gasteiger partial charge in [-0.3, -0.25) is 0 Å². The van der Waals surface area contributed by atoms with Crippen molar-refractivity contribution < 1.29 is 14.2 Å². The van der Waals surface area contributed by atoms with Crippen molar-refractivity contribution >= 4 is 11.6 Å². The van der Waals surface area contributed by atoms with Gasteiger partial charge in [0.2, 0.25) is 0 Å². The van der Waals surface area contributed by atoms with E-state index in [1.165, 1.54) is 32.1 Å². The van der Waals surface area contributed by atoms with E-state index in [1.807, 2.05) is 12.1 Å². The minimum absolute atomic E-state index is 0.0959. The first kappa shape index (κ1) is 16.3. The second kappa shape index (κ2) is 7.79. The lowest BCUT2D eigenvalue weighted by atomic mass is 9.97. The Hall–Kier alpha value is -1.09. The fourth-order valence-corrected chi connectivity index (χ4v) is 3.51. The molecule has 118 valence electrons. The number of hydrogen-bond acceptors (Lipinski definition) is 3. The second-order valence-electron chi connectivity index (χ2n) is 5.64. The van der Waals surface area contributed by atoms with Gasteiger partial charge in [-0.25, -0.2) is 0 Å².